The molecule has 1 unspecified atom stereocenters. The van der Waals surface area contributed by atoms with Crippen LogP contribution in [-0.4, -0.2) is 16.5 Å². The maximum absolute atomic E-state index is 12.2. The number of fused-ring (bicyclic) bond motifs is 1. The monoisotopic (exact) mass is 372 g/mol. The fraction of sp³-hybridized carbons (Fsp3) is 0.300. The highest BCUT2D eigenvalue weighted by Gasteiger charge is 2.13. The van der Waals surface area contributed by atoms with E-state index in [1.165, 1.54) is 10.1 Å². The Morgan fingerprint density at radius 2 is 2.00 bits per heavy atom. The lowest BCUT2D eigenvalue weighted by Crippen LogP contribution is -2.34. The van der Waals surface area contributed by atoms with Gasteiger partial charge in [-0.25, -0.2) is 4.79 Å². The number of hydrogen-bond donors (Lipinski definition) is 1. The Kier molecular flexibility index (Phi) is 5.78. The molecule has 3 aromatic rings. The molecule has 0 saturated carbocycles. The maximum atomic E-state index is 12.2. The topological polar surface area (TPSA) is 64.2 Å². The van der Waals surface area contributed by atoms with Crippen LogP contribution in [0.3, 0.4) is 0 Å². The zero-order valence-electron chi connectivity index (χ0n) is 14.6. The first kappa shape index (κ1) is 18.3. The van der Waals surface area contributed by atoms with Gasteiger partial charge in [0.15, 0.2) is 5.58 Å². The van der Waals surface area contributed by atoms with E-state index in [1.54, 1.807) is 18.2 Å². The third kappa shape index (κ3) is 4.55. The maximum Gasteiger partial charge on any atom is 0.419 e. The quantitative estimate of drug-likeness (QED) is 0.686. The number of carbonyl (C=O) groups excluding carboxylic acids is 1. The van der Waals surface area contributed by atoms with Crippen molar-refractivity contribution in [1.82, 2.24) is 9.88 Å². The summed E-state index contributed by atoms with van der Waals surface area (Å²) >= 11 is 5.98. The van der Waals surface area contributed by atoms with Crippen molar-refractivity contribution in [2.45, 2.75) is 38.8 Å². The first-order chi connectivity index (χ1) is 12.5. The molecule has 0 aliphatic heterocycles. The molecular formula is C20H21ClN2O3. The number of nitrogens with zero attached hydrogens (tertiary/aromatic N) is 1. The number of aryl methyl sites for hydroxylation is 2. The number of halogens is 1. The summed E-state index contributed by atoms with van der Waals surface area (Å²) in [4.78, 5) is 24.2. The normalized spacial score (nSPS) is 12.2. The fourth-order valence-electron chi connectivity index (χ4n) is 2.91. The van der Waals surface area contributed by atoms with Crippen LogP contribution in [0.2, 0.25) is 5.02 Å². The van der Waals surface area contributed by atoms with Crippen LogP contribution in [0, 0.1) is 0 Å². The first-order valence-corrected chi connectivity index (χ1v) is 9.03. The summed E-state index contributed by atoms with van der Waals surface area (Å²) in [6.45, 7) is 2.24. The molecule has 0 radical (unpaired) electrons. The van der Waals surface area contributed by atoms with E-state index >= 15 is 0 Å². The molecule has 6 heteroatoms. The van der Waals surface area contributed by atoms with Crippen molar-refractivity contribution < 1.29 is 9.21 Å². The smallest absolute Gasteiger partial charge is 0.408 e. The molecule has 0 spiro atoms. The van der Waals surface area contributed by atoms with Crippen molar-refractivity contribution in [2.75, 3.05) is 0 Å². The van der Waals surface area contributed by atoms with Gasteiger partial charge in [0.1, 0.15) is 0 Å². The number of benzene rings is 2. The van der Waals surface area contributed by atoms with Crippen LogP contribution in [0.25, 0.3) is 11.1 Å². The molecule has 1 amide bonds. The average molecular weight is 373 g/mol. The Labute approximate surface area is 156 Å². The molecule has 0 fully saturated rings. The lowest BCUT2D eigenvalue weighted by Gasteiger charge is -2.14. The van der Waals surface area contributed by atoms with Gasteiger partial charge in [-0.15, -0.1) is 0 Å². The standard InChI is InChI=1S/C20H21ClN2O3/c1-14(7-8-15-5-3-2-4-6-15)22-19(24)11-12-23-17-13-16(21)9-10-18(17)26-20(23)25/h2-6,9-10,13-14H,7-8,11-12H2,1H3,(H,22,24). The van der Waals surface area contributed by atoms with Gasteiger partial charge < -0.3 is 9.73 Å². The summed E-state index contributed by atoms with van der Waals surface area (Å²) in [6.07, 6.45) is 1.98. The van der Waals surface area contributed by atoms with Gasteiger partial charge >= 0.3 is 5.76 Å². The second-order valence-corrected chi connectivity index (χ2v) is 6.81. The van der Waals surface area contributed by atoms with Gasteiger partial charge in [-0.2, -0.15) is 0 Å². The van der Waals surface area contributed by atoms with Gasteiger partial charge in [-0.05, 0) is 43.5 Å². The number of hydrogen-bond acceptors (Lipinski definition) is 3. The minimum Gasteiger partial charge on any atom is -0.408 e. The SMILES string of the molecule is CC(CCc1ccccc1)NC(=O)CCn1c(=O)oc2ccc(Cl)cc21. The van der Waals surface area contributed by atoms with E-state index < -0.39 is 5.76 Å². The number of rotatable bonds is 7. The van der Waals surface area contributed by atoms with E-state index in [0.29, 0.717) is 16.1 Å². The Balaban J connectivity index is 1.53. The molecule has 5 nitrogen and oxygen atoms in total. The zero-order chi connectivity index (χ0) is 18.5. The van der Waals surface area contributed by atoms with Crippen LogP contribution in [0.1, 0.15) is 25.3 Å². The number of oxazole rings is 1. The van der Waals surface area contributed by atoms with E-state index in [0.717, 1.165) is 12.8 Å². The van der Waals surface area contributed by atoms with Crippen molar-refractivity contribution in [3.05, 3.63) is 69.7 Å². The Bertz CT molecular complexity index is 947. The van der Waals surface area contributed by atoms with Crippen LogP contribution < -0.4 is 11.1 Å². The van der Waals surface area contributed by atoms with Crippen LogP contribution in [0.15, 0.2) is 57.7 Å². The van der Waals surface area contributed by atoms with Crippen LogP contribution in [0.5, 0.6) is 0 Å². The lowest BCUT2D eigenvalue weighted by atomic mass is 10.1. The largest absolute Gasteiger partial charge is 0.419 e. The molecule has 3 rings (SSSR count). The highest BCUT2D eigenvalue weighted by Crippen LogP contribution is 2.18. The van der Waals surface area contributed by atoms with Crippen molar-refractivity contribution in [3.63, 3.8) is 0 Å². The molecule has 0 bridgehead atoms. The van der Waals surface area contributed by atoms with Gasteiger partial charge in [0.2, 0.25) is 5.91 Å². The minimum atomic E-state index is -0.479. The number of carbonyl (C=O) groups is 1. The molecule has 0 aliphatic rings. The second kappa shape index (κ2) is 8.23. The summed E-state index contributed by atoms with van der Waals surface area (Å²) in [5, 5.41) is 3.50. The molecule has 2 aromatic carbocycles. The Hall–Kier alpha value is -2.53. The van der Waals surface area contributed by atoms with Gasteiger partial charge in [0.25, 0.3) is 0 Å². The van der Waals surface area contributed by atoms with E-state index in [4.69, 9.17) is 16.0 Å². The van der Waals surface area contributed by atoms with Crippen LogP contribution in [-0.2, 0) is 17.8 Å². The van der Waals surface area contributed by atoms with Gasteiger partial charge in [-0.1, -0.05) is 41.9 Å². The summed E-state index contributed by atoms with van der Waals surface area (Å²) < 4.78 is 6.61. The molecule has 1 heterocycles. The summed E-state index contributed by atoms with van der Waals surface area (Å²) in [6, 6.07) is 15.2. The summed E-state index contributed by atoms with van der Waals surface area (Å²) in [5.74, 6) is -0.568. The van der Waals surface area contributed by atoms with E-state index in [9.17, 15) is 9.59 Å². The number of aromatic nitrogens is 1. The molecular weight excluding hydrogens is 352 g/mol. The molecule has 1 aromatic heterocycles. The van der Waals surface area contributed by atoms with Gasteiger partial charge in [0, 0.05) is 24.0 Å². The molecule has 0 saturated heterocycles. The first-order valence-electron chi connectivity index (χ1n) is 8.65. The third-order valence-corrected chi connectivity index (χ3v) is 4.54. The summed E-state index contributed by atoms with van der Waals surface area (Å²) in [5.41, 5.74) is 2.32. The number of amides is 1. The minimum absolute atomic E-state index is 0.0648. The van der Waals surface area contributed by atoms with Crippen molar-refractivity contribution >= 4 is 28.6 Å². The van der Waals surface area contributed by atoms with Gasteiger partial charge in [-0.3, -0.25) is 9.36 Å². The molecule has 1 atom stereocenters. The molecule has 136 valence electrons. The van der Waals surface area contributed by atoms with E-state index in [2.05, 4.69) is 17.4 Å². The highest BCUT2D eigenvalue weighted by molar-refractivity contribution is 6.31. The predicted molar refractivity (Wildman–Crippen MR) is 102 cm³/mol. The summed E-state index contributed by atoms with van der Waals surface area (Å²) in [7, 11) is 0. The highest BCUT2D eigenvalue weighted by atomic mass is 35.5. The molecule has 26 heavy (non-hydrogen) atoms. The average Bonchev–Trinajstić information content (AvgIpc) is 2.93. The van der Waals surface area contributed by atoms with E-state index in [1.807, 2.05) is 25.1 Å². The van der Waals surface area contributed by atoms with Crippen LogP contribution >= 0.6 is 11.6 Å². The van der Waals surface area contributed by atoms with E-state index in [-0.39, 0.29) is 24.9 Å². The van der Waals surface area contributed by atoms with Gasteiger partial charge in [0.05, 0.1) is 5.52 Å². The third-order valence-electron chi connectivity index (χ3n) is 4.31. The lowest BCUT2D eigenvalue weighted by molar-refractivity contribution is -0.121. The Morgan fingerprint density at radius 1 is 1.23 bits per heavy atom. The van der Waals surface area contributed by atoms with Crippen molar-refractivity contribution in [2.24, 2.45) is 0 Å². The van der Waals surface area contributed by atoms with Crippen LogP contribution in [0.4, 0.5) is 0 Å². The molecule has 1 N–H and O–H groups in total. The predicted octanol–water partition coefficient (Wildman–Crippen LogP) is 3.78. The second-order valence-electron chi connectivity index (χ2n) is 6.37. The molecule has 0 aliphatic carbocycles. The Morgan fingerprint density at radius 3 is 2.77 bits per heavy atom. The van der Waals surface area contributed by atoms with Crippen molar-refractivity contribution in [3.8, 4) is 0 Å². The number of nitrogens with one attached hydrogen (secondary N) is 1. The van der Waals surface area contributed by atoms with Crippen molar-refractivity contribution in [1.29, 1.82) is 0 Å². The fourth-order valence-corrected chi connectivity index (χ4v) is 3.07. The zero-order valence-corrected chi connectivity index (χ0v) is 15.3.